The van der Waals surface area contributed by atoms with E-state index in [1.807, 2.05) is 37.3 Å². The number of likely N-dealkylation sites (N-methyl/N-ethyl adjacent to an activating group) is 1. The fourth-order valence-corrected chi connectivity index (χ4v) is 5.36. The Bertz CT molecular complexity index is 1280. The zero-order chi connectivity index (χ0) is 25.6. The minimum absolute atomic E-state index is 0.0739. The number of benzene rings is 3. The van der Waals surface area contributed by atoms with Crippen LogP contribution in [0, 0.1) is 6.92 Å². The molecule has 0 radical (unpaired) electrons. The number of amides is 2. The molecule has 184 valence electrons. The Morgan fingerprint density at radius 2 is 1.63 bits per heavy atom. The Labute approximate surface area is 214 Å². The molecular formula is C26H28BrN3O4S. The van der Waals surface area contributed by atoms with Crippen LogP contribution in [0.15, 0.2) is 88.2 Å². The van der Waals surface area contributed by atoms with Gasteiger partial charge in [0.05, 0.1) is 10.6 Å². The molecule has 0 bridgehead atoms. The SMILES string of the molecule is CNC(=O)[C@H](C)N(Cc1ccccc1)C(=O)CN(c1cccc(Br)c1)S(=O)(=O)c1ccc(C)cc1. The van der Waals surface area contributed by atoms with Crippen molar-refractivity contribution in [2.75, 3.05) is 17.9 Å². The minimum Gasteiger partial charge on any atom is -0.357 e. The molecule has 9 heteroatoms. The van der Waals surface area contributed by atoms with Gasteiger partial charge in [-0.05, 0) is 49.7 Å². The molecule has 1 N–H and O–H groups in total. The van der Waals surface area contributed by atoms with Gasteiger partial charge in [-0.25, -0.2) is 8.42 Å². The van der Waals surface area contributed by atoms with Gasteiger partial charge in [0.2, 0.25) is 11.8 Å². The van der Waals surface area contributed by atoms with Crippen LogP contribution >= 0.6 is 15.9 Å². The zero-order valence-electron chi connectivity index (χ0n) is 19.8. The highest BCUT2D eigenvalue weighted by molar-refractivity contribution is 9.10. The first-order chi connectivity index (χ1) is 16.6. The number of nitrogens with zero attached hydrogens (tertiary/aromatic N) is 2. The smallest absolute Gasteiger partial charge is 0.264 e. The van der Waals surface area contributed by atoms with Gasteiger partial charge in [-0.1, -0.05) is 70.0 Å². The maximum Gasteiger partial charge on any atom is 0.264 e. The molecular weight excluding hydrogens is 530 g/mol. The number of sulfonamides is 1. The molecule has 0 saturated carbocycles. The summed E-state index contributed by atoms with van der Waals surface area (Å²) < 4.78 is 29.1. The summed E-state index contributed by atoms with van der Waals surface area (Å²) in [5.74, 6) is -0.842. The van der Waals surface area contributed by atoms with E-state index < -0.39 is 28.5 Å². The summed E-state index contributed by atoms with van der Waals surface area (Å²) in [5.41, 5.74) is 2.08. The van der Waals surface area contributed by atoms with Gasteiger partial charge in [0.1, 0.15) is 12.6 Å². The van der Waals surface area contributed by atoms with Crippen molar-refractivity contribution in [3.05, 3.63) is 94.5 Å². The molecule has 0 saturated heterocycles. The summed E-state index contributed by atoms with van der Waals surface area (Å²) in [6, 6.07) is 21.7. The highest BCUT2D eigenvalue weighted by Crippen LogP contribution is 2.27. The van der Waals surface area contributed by atoms with E-state index in [2.05, 4.69) is 21.2 Å². The fraction of sp³-hybridized carbons (Fsp3) is 0.231. The predicted octanol–water partition coefficient (Wildman–Crippen LogP) is 4.12. The first-order valence-electron chi connectivity index (χ1n) is 11.0. The van der Waals surface area contributed by atoms with Crippen LogP contribution in [0.25, 0.3) is 0 Å². The fourth-order valence-electron chi connectivity index (χ4n) is 3.57. The van der Waals surface area contributed by atoms with Crippen molar-refractivity contribution in [2.24, 2.45) is 0 Å². The van der Waals surface area contributed by atoms with Crippen molar-refractivity contribution < 1.29 is 18.0 Å². The van der Waals surface area contributed by atoms with Crippen molar-refractivity contribution in [1.29, 1.82) is 0 Å². The molecule has 7 nitrogen and oxygen atoms in total. The van der Waals surface area contributed by atoms with E-state index in [4.69, 9.17) is 0 Å². The summed E-state index contributed by atoms with van der Waals surface area (Å²) in [6.45, 7) is 3.18. The number of halogens is 1. The maximum atomic E-state index is 13.7. The van der Waals surface area contributed by atoms with Crippen LogP contribution in [0.5, 0.6) is 0 Å². The van der Waals surface area contributed by atoms with Gasteiger partial charge in [-0.15, -0.1) is 0 Å². The van der Waals surface area contributed by atoms with Crippen LogP contribution in [-0.4, -0.2) is 44.8 Å². The average Bonchev–Trinajstić information content (AvgIpc) is 2.85. The third kappa shape index (κ3) is 6.49. The highest BCUT2D eigenvalue weighted by atomic mass is 79.9. The number of nitrogens with one attached hydrogen (secondary N) is 1. The second-order valence-corrected chi connectivity index (χ2v) is 10.9. The third-order valence-corrected chi connectivity index (χ3v) is 7.87. The first kappa shape index (κ1) is 26.4. The number of rotatable bonds is 9. The van der Waals surface area contributed by atoms with Crippen LogP contribution < -0.4 is 9.62 Å². The molecule has 35 heavy (non-hydrogen) atoms. The van der Waals surface area contributed by atoms with Crippen molar-refractivity contribution in [1.82, 2.24) is 10.2 Å². The molecule has 0 aliphatic carbocycles. The number of hydrogen-bond donors (Lipinski definition) is 1. The van der Waals surface area contributed by atoms with Crippen molar-refractivity contribution >= 4 is 43.5 Å². The number of anilines is 1. The maximum absolute atomic E-state index is 13.7. The van der Waals surface area contributed by atoms with Crippen molar-refractivity contribution in [2.45, 2.75) is 31.3 Å². The largest absolute Gasteiger partial charge is 0.357 e. The Hall–Kier alpha value is -3.17. The molecule has 3 rings (SSSR count). The van der Waals surface area contributed by atoms with Gasteiger partial charge in [0.25, 0.3) is 10.0 Å². The zero-order valence-corrected chi connectivity index (χ0v) is 22.2. The Morgan fingerprint density at radius 1 is 0.971 bits per heavy atom. The van der Waals surface area contributed by atoms with Gasteiger partial charge < -0.3 is 10.2 Å². The quantitative estimate of drug-likeness (QED) is 0.428. The number of carbonyl (C=O) groups is 2. The van der Waals surface area contributed by atoms with E-state index in [1.54, 1.807) is 43.3 Å². The summed E-state index contributed by atoms with van der Waals surface area (Å²) in [6.07, 6.45) is 0. The average molecular weight is 558 g/mol. The summed E-state index contributed by atoms with van der Waals surface area (Å²) in [5, 5.41) is 2.57. The highest BCUT2D eigenvalue weighted by Gasteiger charge is 2.32. The van der Waals surface area contributed by atoms with Crippen LogP contribution in [0.2, 0.25) is 0 Å². The number of carbonyl (C=O) groups excluding carboxylic acids is 2. The topological polar surface area (TPSA) is 86.8 Å². The molecule has 3 aromatic carbocycles. The molecule has 0 heterocycles. The van der Waals surface area contributed by atoms with E-state index in [1.165, 1.54) is 24.1 Å². The molecule has 0 fully saturated rings. The molecule has 0 aliphatic rings. The van der Waals surface area contributed by atoms with Crippen LogP contribution in [-0.2, 0) is 26.2 Å². The van der Waals surface area contributed by atoms with E-state index in [-0.39, 0.29) is 17.3 Å². The molecule has 2 amide bonds. The summed E-state index contributed by atoms with van der Waals surface area (Å²) in [7, 11) is -2.58. The normalized spacial score (nSPS) is 12.0. The second kappa shape index (κ2) is 11.5. The van der Waals surface area contributed by atoms with Crippen molar-refractivity contribution in [3.8, 4) is 0 Å². The van der Waals surface area contributed by atoms with Gasteiger partial charge in [0.15, 0.2) is 0 Å². The monoisotopic (exact) mass is 557 g/mol. The van der Waals surface area contributed by atoms with Crippen molar-refractivity contribution in [3.63, 3.8) is 0 Å². The minimum atomic E-state index is -4.08. The number of hydrogen-bond acceptors (Lipinski definition) is 4. The van der Waals surface area contributed by atoms with E-state index in [0.29, 0.717) is 10.2 Å². The molecule has 0 aliphatic heterocycles. The standard InChI is InChI=1S/C26H28BrN3O4S/c1-19-12-14-24(15-13-19)35(33,34)30(23-11-7-10-22(27)16-23)18-25(31)29(20(2)26(32)28-3)17-21-8-5-4-6-9-21/h4-16,20H,17-18H2,1-3H3,(H,28,32)/t20-/m0/s1. The lowest BCUT2D eigenvalue weighted by molar-refractivity contribution is -0.139. The Kier molecular flexibility index (Phi) is 8.69. The molecule has 0 aromatic heterocycles. The van der Waals surface area contributed by atoms with Gasteiger partial charge >= 0.3 is 0 Å². The van der Waals surface area contributed by atoms with E-state index in [0.717, 1.165) is 15.4 Å². The van der Waals surface area contributed by atoms with Gasteiger partial charge in [-0.2, -0.15) is 0 Å². The lowest BCUT2D eigenvalue weighted by Gasteiger charge is -2.31. The lowest BCUT2D eigenvalue weighted by atomic mass is 10.1. The number of aryl methyl sites for hydroxylation is 1. The lowest BCUT2D eigenvalue weighted by Crippen LogP contribution is -2.50. The Balaban J connectivity index is 2.02. The second-order valence-electron chi connectivity index (χ2n) is 8.10. The predicted molar refractivity (Wildman–Crippen MR) is 140 cm³/mol. The molecule has 0 unspecified atom stereocenters. The Morgan fingerprint density at radius 3 is 2.23 bits per heavy atom. The molecule has 3 aromatic rings. The summed E-state index contributed by atoms with van der Waals surface area (Å²) >= 11 is 3.38. The summed E-state index contributed by atoms with van der Waals surface area (Å²) in [4.78, 5) is 27.6. The molecule has 0 spiro atoms. The van der Waals surface area contributed by atoms with Crippen LogP contribution in [0.4, 0.5) is 5.69 Å². The van der Waals surface area contributed by atoms with Crippen LogP contribution in [0.1, 0.15) is 18.1 Å². The molecule has 1 atom stereocenters. The first-order valence-corrected chi connectivity index (χ1v) is 13.3. The van der Waals surface area contributed by atoms with Gasteiger partial charge in [0, 0.05) is 18.1 Å². The van der Waals surface area contributed by atoms with Crippen LogP contribution in [0.3, 0.4) is 0 Å². The third-order valence-electron chi connectivity index (χ3n) is 5.59. The van der Waals surface area contributed by atoms with E-state index >= 15 is 0 Å². The van der Waals surface area contributed by atoms with Gasteiger partial charge in [-0.3, -0.25) is 13.9 Å². The van der Waals surface area contributed by atoms with E-state index in [9.17, 15) is 18.0 Å².